The minimum atomic E-state index is -0.228. The van der Waals surface area contributed by atoms with E-state index in [0.29, 0.717) is 5.39 Å². The van der Waals surface area contributed by atoms with Gasteiger partial charge in [-0.15, -0.1) is 0 Å². The molecule has 3 nitrogen and oxygen atoms in total. The van der Waals surface area contributed by atoms with Gasteiger partial charge in [-0.1, -0.05) is 50.6 Å². The summed E-state index contributed by atoms with van der Waals surface area (Å²) in [4.78, 5) is 17.8. The Labute approximate surface area is 130 Å². The molecular formula is C19H20N2O. The van der Waals surface area contributed by atoms with Gasteiger partial charge in [-0.05, 0) is 31.2 Å². The van der Waals surface area contributed by atoms with Crippen LogP contribution in [0.3, 0.4) is 0 Å². The molecule has 0 amide bonds. The predicted octanol–water partition coefficient (Wildman–Crippen LogP) is 3.99. The second-order valence-electron chi connectivity index (χ2n) is 6.68. The van der Waals surface area contributed by atoms with Crippen molar-refractivity contribution in [2.75, 3.05) is 0 Å². The van der Waals surface area contributed by atoms with Crippen molar-refractivity contribution < 1.29 is 0 Å². The van der Waals surface area contributed by atoms with Gasteiger partial charge in [0.2, 0.25) is 0 Å². The molecule has 0 spiro atoms. The lowest BCUT2D eigenvalue weighted by molar-refractivity contribution is 0.526. The zero-order valence-electron chi connectivity index (χ0n) is 13.4. The summed E-state index contributed by atoms with van der Waals surface area (Å²) in [6.45, 7) is 8.27. The van der Waals surface area contributed by atoms with Crippen LogP contribution in [0.25, 0.3) is 16.6 Å². The standard InChI is InChI=1S/C19H20N2O/c1-13-9-11-14(12-10-13)21-17(22)15-7-5-6-8-16(15)20-18(21)19(2,3)4/h5-12H,1-4H3. The number of nitrogens with zero attached hydrogens (tertiary/aromatic N) is 2. The van der Waals surface area contributed by atoms with Gasteiger partial charge in [0.25, 0.3) is 5.56 Å². The summed E-state index contributed by atoms with van der Waals surface area (Å²) in [6, 6.07) is 15.5. The van der Waals surface area contributed by atoms with Crippen LogP contribution in [0.5, 0.6) is 0 Å². The predicted molar refractivity (Wildman–Crippen MR) is 90.8 cm³/mol. The van der Waals surface area contributed by atoms with Gasteiger partial charge in [-0.2, -0.15) is 0 Å². The van der Waals surface area contributed by atoms with Gasteiger partial charge in [0, 0.05) is 5.41 Å². The third-order valence-corrected chi connectivity index (χ3v) is 3.74. The van der Waals surface area contributed by atoms with Crippen molar-refractivity contribution in [3.05, 3.63) is 70.3 Å². The average Bonchev–Trinajstić information content (AvgIpc) is 2.47. The first-order valence-electron chi connectivity index (χ1n) is 7.47. The summed E-state index contributed by atoms with van der Waals surface area (Å²) >= 11 is 0. The van der Waals surface area contributed by atoms with Crippen molar-refractivity contribution in [1.29, 1.82) is 0 Å². The molecule has 2 aromatic carbocycles. The molecule has 0 unspecified atom stereocenters. The van der Waals surface area contributed by atoms with E-state index >= 15 is 0 Å². The smallest absolute Gasteiger partial charge is 0.265 e. The lowest BCUT2D eigenvalue weighted by Crippen LogP contribution is -2.30. The van der Waals surface area contributed by atoms with E-state index in [1.54, 1.807) is 4.57 Å². The molecule has 0 radical (unpaired) electrons. The molecule has 0 saturated heterocycles. The Bertz CT molecular complexity index is 884. The van der Waals surface area contributed by atoms with Crippen molar-refractivity contribution in [3.8, 4) is 5.69 Å². The Morgan fingerprint density at radius 2 is 1.59 bits per heavy atom. The average molecular weight is 292 g/mol. The Kier molecular flexibility index (Phi) is 3.36. The zero-order chi connectivity index (χ0) is 15.9. The van der Waals surface area contributed by atoms with Gasteiger partial charge in [0.1, 0.15) is 5.82 Å². The van der Waals surface area contributed by atoms with E-state index in [4.69, 9.17) is 4.98 Å². The highest BCUT2D eigenvalue weighted by Gasteiger charge is 2.23. The molecule has 0 N–H and O–H groups in total. The quantitative estimate of drug-likeness (QED) is 0.679. The maximum Gasteiger partial charge on any atom is 0.265 e. The maximum atomic E-state index is 13.0. The van der Waals surface area contributed by atoms with Crippen LogP contribution in [0.4, 0.5) is 0 Å². The van der Waals surface area contributed by atoms with Crippen LogP contribution in [0.2, 0.25) is 0 Å². The molecule has 3 aromatic rings. The minimum absolute atomic E-state index is 0.0145. The molecule has 0 aliphatic rings. The van der Waals surface area contributed by atoms with Crippen LogP contribution in [0.15, 0.2) is 53.3 Å². The first kappa shape index (κ1) is 14.5. The lowest BCUT2D eigenvalue weighted by atomic mass is 9.94. The second kappa shape index (κ2) is 5.09. The van der Waals surface area contributed by atoms with Gasteiger partial charge in [-0.3, -0.25) is 9.36 Å². The van der Waals surface area contributed by atoms with Crippen molar-refractivity contribution in [2.45, 2.75) is 33.1 Å². The SMILES string of the molecule is Cc1ccc(-n2c(C(C)(C)C)nc3ccccc3c2=O)cc1. The highest BCUT2D eigenvalue weighted by molar-refractivity contribution is 5.78. The molecule has 0 saturated carbocycles. The zero-order valence-corrected chi connectivity index (χ0v) is 13.4. The fourth-order valence-corrected chi connectivity index (χ4v) is 2.57. The second-order valence-corrected chi connectivity index (χ2v) is 6.68. The fraction of sp³-hybridized carbons (Fsp3) is 0.263. The third kappa shape index (κ3) is 2.43. The topological polar surface area (TPSA) is 34.9 Å². The molecule has 3 heteroatoms. The van der Waals surface area contributed by atoms with E-state index in [9.17, 15) is 4.79 Å². The van der Waals surface area contributed by atoms with Crippen molar-refractivity contribution in [2.24, 2.45) is 0 Å². The molecule has 0 fully saturated rings. The van der Waals surface area contributed by atoms with E-state index in [-0.39, 0.29) is 11.0 Å². The number of hydrogen-bond acceptors (Lipinski definition) is 2. The first-order valence-corrected chi connectivity index (χ1v) is 7.47. The van der Waals surface area contributed by atoms with E-state index in [2.05, 4.69) is 20.8 Å². The Morgan fingerprint density at radius 1 is 0.955 bits per heavy atom. The number of benzene rings is 2. The molecule has 22 heavy (non-hydrogen) atoms. The van der Waals surface area contributed by atoms with Crippen molar-refractivity contribution in [1.82, 2.24) is 9.55 Å². The number of rotatable bonds is 1. The van der Waals surface area contributed by atoms with Crippen molar-refractivity contribution >= 4 is 10.9 Å². The first-order chi connectivity index (χ1) is 10.4. The van der Waals surface area contributed by atoms with Gasteiger partial charge < -0.3 is 0 Å². The Morgan fingerprint density at radius 3 is 2.23 bits per heavy atom. The number of fused-ring (bicyclic) bond motifs is 1. The summed E-state index contributed by atoms with van der Waals surface area (Å²) in [5.41, 5.74) is 2.54. The molecule has 1 heterocycles. The number of para-hydroxylation sites is 1. The van der Waals surface area contributed by atoms with Crippen LogP contribution in [0.1, 0.15) is 32.2 Å². The van der Waals surface area contributed by atoms with E-state index < -0.39 is 0 Å². The van der Waals surface area contributed by atoms with Gasteiger partial charge in [0.15, 0.2) is 0 Å². The monoisotopic (exact) mass is 292 g/mol. The minimum Gasteiger partial charge on any atom is -0.268 e. The highest BCUT2D eigenvalue weighted by atomic mass is 16.1. The summed E-state index contributed by atoms with van der Waals surface area (Å²) in [5.74, 6) is 0.778. The van der Waals surface area contributed by atoms with Gasteiger partial charge in [0.05, 0.1) is 16.6 Å². The molecule has 112 valence electrons. The third-order valence-electron chi connectivity index (χ3n) is 3.74. The number of aryl methyl sites for hydroxylation is 1. The van der Waals surface area contributed by atoms with Crippen LogP contribution in [-0.4, -0.2) is 9.55 Å². The largest absolute Gasteiger partial charge is 0.268 e. The molecule has 3 rings (SSSR count). The lowest BCUT2D eigenvalue weighted by Gasteiger charge is -2.23. The van der Waals surface area contributed by atoms with Crippen LogP contribution < -0.4 is 5.56 Å². The Hall–Kier alpha value is -2.42. The van der Waals surface area contributed by atoms with Crippen LogP contribution in [0, 0.1) is 6.92 Å². The van der Waals surface area contributed by atoms with Crippen molar-refractivity contribution in [3.63, 3.8) is 0 Å². The summed E-state index contributed by atoms with van der Waals surface area (Å²) < 4.78 is 1.74. The molecular weight excluding hydrogens is 272 g/mol. The molecule has 0 aliphatic heterocycles. The normalized spacial score (nSPS) is 11.8. The molecule has 0 bridgehead atoms. The van der Waals surface area contributed by atoms with Gasteiger partial charge >= 0.3 is 0 Å². The highest BCUT2D eigenvalue weighted by Crippen LogP contribution is 2.24. The number of hydrogen-bond donors (Lipinski definition) is 0. The van der Waals surface area contributed by atoms with Crippen LogP contribution >= 0.6 is 0 Å². The molecule has 1 aromatic heterocycles. The maximum absolute atomic E-state index is 13.0. The summed E-state index contributed by atoms with van der Waals surface area (Å²) in [5, 5.41) is 0.649. The summed E-state index contributed by atoms with van der Waals surface area (Å²) in [7, 11) is 0. The van der Waals surface area contributed by atoms with Crippen LogP contribution in [-0.2, 0) is 5.41 Å². The Balaban J connectivity index is 2.43. The molecule has 0 atom stereocenters. The van der Waals surface area contributed by atoms with E-state index in [1.165, 1.54) is 5.56 Å². The van der Waals surface area contributed by atoms with E-state index in [0.717, 1.165) is 17.0 Å². The fourth-order valence-electron chi connectivity index (χ4n) is 2.57. The van der Waals surface area contributed by atoms with E-state index in [1.807, 2.05) is 55.5 Å². The van der Waals surface area contributed by atoms with Gasteiger partial charge in [-0.25, -0.2) is 4.98 Å². The summed E-state index contributed by atoms with van der Waals surface area (Å²) in [6.07, 6.45) is 0. The number of aromatic nitrogens is 2. The molecule has 0 aliphatic carbocycles.